The Labute approximate surface area is 244 Å². The number of alkyl halides is 18. The van der Waals surface area contributed by atoms with Crippen LogP contribution < -0.4 is 0 Å². The highest BCUT2D eigenvalue weighted by molar-refractivity contribution is 5.13. The molecule has 0 nitrogen and oxygen atoms in total. The first kappa shape index (κ1) is 44.9. The summed E-state index contributed by atoms with van der Waals surface area (Å²) in [6.07, 6.45) is -36.4. The molecule has 0 rings (SSSR count). The van der Waals surface area contributed by atoms with Crippen LogP contribution in [0.5, 0.6) is 0 Å². The Bertz CT molecular complexity index is 787. The minimum Gasteiger partial charge on any atom is -0.170 e. The van der Waals surface area contributed by atoms with Crippen LogP contribution in [0.15, 0.2) is 0 Å². The van der Waals surface area contributed by atoms with Crippen molar-refractivity contribution in [2.75, 3.05) is 0 Å². The van der Waals surface area contributed by atoms with Gasteiger partial charge in [0.2, 0.25) is 0 Å². The SMILES string of the molecule is CC(C)(C)C(C(C(F)(F)F)C(F)(F)F)(C(C(F)(F)F)C(F)(F)F)C(C)(C)C.CC(C)(C)C(C(C)(C)C)(C(F)(F)F)C(F)(F)F. The quantitative estimate of drug-likeness (QED) is 0.253. The van der Waals surface area contributed by atoms with Crippen LogP contribution in [0.3, 0.4) is 0 Å². The van der Waals surface area contributed by atoms with E-state index < -0.39 is 81.4 Å². The van der Waals surface area contributed by atoms with Crippen LogP contribution in [0.4, 0.5) is 79.0 Å². The fourth-order valence-electron chi connectivity index (χ4n) is 7.41. The first-order valence-electron chi connectivity index (χ1n) is 12.6. The molecule has 0 N–H and O–H groups in total. The lowest BCUT2D eigenvalue weighted by molar-refractivity contribution is -0.411. The Morgan fingerprint density at radius 3 is 0.477 bits per heavy atom. The number of rotatable bonds is 2. The van der Waals surface area contributed by atoms with E-state index in [2.05, 4.69) is 0 Å². The maximum Gasteiger partial charge on any atom is 0.404 e. The van der Waals surface area contributed by atoms with E-state index in [1.54, 1.807) is 0 Å². The molecule has 0 amide bonds. The van der Waals surface area contributed by atoms with Crippen LogP contribution in [0.25, 0.3) is 0 Å². The van der Waals surface area contributed by atoms with Crippen molar-refractivity contribution in [2.24, 2.45) is 44.3 Å². The monoisotopic (exact) mass is 692 g/mol. The molecular formula is C26H38F18. The Balaban J connectivity index is 0. The molecule has 0 atom stereocenters. The summed E-state index contributed by atoms with van der Waals surface area (Å²) in [5, 5.41) is 0. The van der Waals surface area contributed by atoms with Crippen molar-refractivity contribution in [3.63, 3.8) is 0 Å². The average Bonchev–Trinajstić information content (AvgIpc) is 2.48. The summed E-state index contributed by atoms with van der Waals surface area (Å²) in [5.74, 6) is -9.74. The second-order valence-corrected chi connectivity index (χ2v) is 14.6. The average molecular weight is 693 g/mol. The molecule has 18 heteroatoms. The van der Waals surface area contributed by atoms with E-state index >= 15 is 0 Å². The maximum absolute atomic E-state index is 13.5. The van der Waals surface area contributed by atoms with E-state index in [1.807, 2.05) is 0 Å². The molecule has 268 valence electrons. The molecule has 0 aromatic heterocycles. The molecule has 0 aliphatic rings. The van der Waals surface area contributed by atoms with E-state index in [1.165, 1.54) is 0 Å². The van der Waals surface area contributed by atoms with Gasteiger partial charge in [-0.2, -0.15) is 79.0 Å². The lowest BCUT2D eigenvalue weighted by Gasteiger charge is -2.61. The fourth-order valence-corrected chi connectivity index (χ4v) is 7.41. The molecular weight excluding hydrogens is 654 g/mol. The number of halogens is 18. The largest absolute Gasteiger partial charge is 0.404 e. The van der Waals surface area contributed by atoms with Crippen molar-refractivity contribution in [1.29, 1.82) is 0 Å². The molecule has 44 heavy (non-hydrogen) atoms. The van der Waals surface area contributed by atoms with Crippen molar-refractivity contribution in [1.82, 2.24) is 0 Å². The van der Waals surface area contributed by atoms with Gasteiger partial charge in [0, 0.05) is 5.41 Å². The predicted molar refractivity (Wildman–Crippen MR) is 126 cm³/mol. The second-order valence-electron chi connectivity index (χ2n) is 14.6. The van der Waals surface area contributed by atoms with Crippen molar-refractivity contribution in [2.45, 2.75) is 120 Å². The highest BCUT2D eigenvalue weighted by Crippen LogP contribution is 2.72. The van der Waals surface area contributed by atoms with Gasteiger partial charge in [-0.25, -0.2) is 0 Å². The Hall–Kier alpha value is -1.26. The van der Waals surface area contributed by atoms with Gasteiger partial charge in [-0.1, -0.05) is 83.1 Å². The van der Waals surface area contributed by atoms with E-state index in [0.29, 0.717) is 41.5 Å². The van der Waals surface area contributed by atoms with E-state index in [4.69, 9.17) is 0 Å². The minimum atomic E-state index is -6.41. The first-order chi connectivity index (χ1) is 18.2. The number of hydrogen-bond acceptors (Lipinski definition) is 0. The lowest BCUT2D eigenvalue weighted by atomic mass is 9.43. The van der Waals surface area contributed by atoms with Crippen molar-refractivity contribution in [3.8, 4) is 0 Å². The van der Waals surface area contributed by atoms with Gasteiger partial charge < -0.3 is 0 Å². The van der Waals surface area contributed by atoms with Gasteiger partial charge in [0.15, 0.2) is 17.3 Å². The lowest BCUT2D eigenvalue weighted by Crippen LogP contribution is -2.69. The summed E-state index contributed by atoms with van der Waals surface area (Å²) in [6, 6.07) is 0. The van der Waals surface area contributed by atoms with Crippen LogP contribution in [0.2, 0.25) is 0 Å². The molecule has 0 spiro atoms. The Morgan fingerprint density at radius 2 is 0.432 bits per heavy atom. The van der Waals surface area contributed by atoms with Crippen molar-refractivity contribution >= 4 is 0 Å². The molecule has 0 radical (unpaired) electrons. The number of hydrogen-bond donors (Lipinski definition) is 0. The zero-order valence-corrected chi connectivity index (χ0v) is 26.0. The van der Waals surface area contributed by atoms with Gasteiger partial charge in [0.05, 0.1) is 0 Å². The van der Waals surface area contributed by atoms with Gasteiger partial charge in [0.1, 0.15) is 0 Å². The van der Waals surface area contributed by atoms with Crippen molar-refractivity contribution in [3.05, 3.63) is 0 Å². The first-order valence-corrected chi connectivity index (χ1v) is 12.6. The molecule has 0 aromatic carbocycles. The molecule has 0 fully saturated rings. The molecule has 0 heterocycles. The van der Waals surface area contributed by atoms with Crippen LogP contribution in [0.1, 0.15) is 83.1 Å². The Kier molecular flexibility index (Phi) is 12.0. The third kappa shape index (κ3) is 8.17. The molecule has 0 unspecified atom stereocenters. The Morgan fingerprint density at radius 1 is 0.273 bits per heavy atom. The molecule has 0 aliphatic heterocycles. The van der Waals surface area contributed by atoms with E-state index in [0.717, 1.165) is 41.5 Å². The van der Waals surface area contributed by atoms with Crippen LogP contribution in [-0.2, 0) is 0 Å². The highest BCUT2D eigenvalue weighted by atomic mass is 19.4. The summed E-state index contributed by atoms with van der Waals surface area (Å²) in [5.41, 5.74) is -17.5. The normalized spacial score (nSPS) is 16.4. The fraction of sp³-hybridized carbons (Fsp3) is 1.00. The zero-order valence-electron chi connectivity index (χ0n) is 26.0. The van der Waals surface area contributed by atoms with Crippen LogP contribution >= 0.6 is 0 Å². The summed E-state index contributed by atoms with van der Waals surface area (Å²) in [6.45, 7) is 8.96. The van der Waals surface area contributed by atoms with Crippen LogP contribution in [-0.4, -0.2) is 37.1 Å². The third-order valence-corrected chi connectivity index (χ3v) is 7.80. The van der Waals surface area contributed by atoms with Gasteiger partial charge >= 0.3 is 37.1 Å². The molecule has 0 aromatic rings. The van der Waals surface area contributed by atoms with E-state index in [-0.39, 0.29) is 0 Å². The maximum atomic E-state index is 13.5. The minimum absolute atomic E-state index is 0.521. The van der Waals surface area contributed by atoms with Crippen LogP contribution in [0, 0.1) is 44.3 Å². The summed E-state index contributed by atoms with van der Waals surface area (Å²) in [7, 11) is 0. The molecule has 0 aliphatic carbocycles. The highest BCUT2D eigenvalue weighted by Gasteiger charge is 2.82. The second kappa shape index (κ2) is 11.8. The molecule has 0 saturated carbocycles. The smallest absolute Gasteiger partial charge is 0.170 e. The summed E-state index contributed by atoms with van der Waals surface area (Å²) < 4.78 is 240. The third-order valence-electron chi connectivity index (χ3n) is 7.80. The summed E-state index contributed by atoms with van der Waals surface area (Å²) >= 11 is 0. The van der Waals surface area contributed by atoms with Gasteiger partial charge in [-0.05, 0) is 21.7 Å². The molecule has 0 bridgehead atoms. The van der Waals surface area contributed by atoms with Gasteiger partial charge in [-0.3, -0.25) is 0 Å². The van der Waals surface area contributed by atoms with Gasteiger partial charge in [0.25, 0.3) is 0 Å². The summed E-state index contributed by atoms with van der Waals surface area (Å²) in [4.78, 5) is 0. The predicted octanol–water partition coefficient (Wildman–Crippen LogP) is 12.7. The standard InChI is InChI=1S/C15H20F12.C11H18F6/c1-9(2,3)11(10(4,5)6,7(12(16,17)18)13(19,20)21)8(14(22,23)24)15(25,26)27;1-7(2,3)9(8(4,5)6,10(12,13)14)11(15,16)17/h7-8H,1-6H3;1-6H3. The van der Waals surface area contributed by atoms with E-state index in [9.17, 15) is 79.0 Å². The van der Waals surface area contributed by atoms with Gasteiger partial charge in [-0.15, -0.1) is 0 Å². The molecule has 0 saturated heterocycles. The topological polar surface area (TPSA) is 0 Å². The van der Waals surface area contributed by atoms with Crippen molar-refractivity contribution < 1.29 is 79.0 Å². The zero-order chi connectivity index (χ0) is 37.2.